The summed E-state index contributed by atoms with van der Waals surface area (Å²) in [6.45, 7) is 3.81. The second kappa shape index (κ2) is 34.4. The molecule has 1 heterocycles. The van der Waals surface area contributed by atoms with Gasteiger partial charge in [-0.15, -0.1) is 0 Å². The molecule has 9 heteroatoms. The van der Waals surface area contributed by atoms with E-state index in [1.807, 2.05) is 0 Å². The summed E-state index contributed by atoms with van der Waals surface area (Å²) in [4.78, 5) is 12.9. The molecule has 1 rings (SSSR count). The standard InChI is InChI=1S/C43H83NO8/c1-3-5-7-9-11-13-15-17-19-21-23-25-27-29-31-33-39(47)44-36(35-51-43-42(50)41(49)40(48)38(34-45)52-43)37(46)32-30-28-26-24-22-20-18-16-14-12-10-8-6-4-2/h13,15,36-38,40-43,45-46,48-50H,3-12,14,16-35H2,1-2H3,(H,44,47)/b15-13-. The molecule has 1 amide bonds. The van der Waals surface area contributed by atoms with E-state index in [4.69, 9.17) is 9.47 Å². The van der Waals surface area contributed by atoms with Gasteiger partial charge in [-0.2, -0.15) is 0 Å². The van der Waals surface area contributed by atoms with Gasteiger partial charge in [0.1, 0.15) is 24.4 Å². The molecule has 0 aromatic heterocycles. The van der Waals surface area contributed by atoms with Gasteiger partial charge in [0, 0.05) is 6.42 Å². The lowest BCUT2D eigenvalue weighted by Gasteiger charge is -2.40. The van der Waals surface area contributed by atoms with Crippen LogP contribution in [0.5, 0.6) is 0 Å². The first-order chi connectivity index (χ1) is 25.3. The third-order valence-electron chi connectivity index (χ3n) is 10.6. The molecule has 0 bridgehead atoms. The van der Waals surface area contributed by atoms with Crippen molar-refractivity contribution in [2.24, 2.45) is 0 Å². The zero-order chi connectivity index (χ0) is 38.1. The Kier molecular flexibility index (Phi) is 32.4. The van der Waals surface area contributed by atoms with Crippen molar-refractivity contribution in [2.45, 2.75) is 243 Å². The highest BCUT2D eigenvalue weighted by atomic mass is 16.7. The summed E-state index contributed by atoms with van der Waals surface area (Å²) in [5, 5.41) is 54.2. The highest BCUT2D eigenvalue weighted by Gasteiger charge is 2.44. The van der Waals surface area contributed by atoms with Gasteiger partial charge in [-0.3, -0.25) is 4.79 Å². The Morgan fingerprint density at radius 2 is 1.08 bits per heavy atom. The van der Waals surface area contributed by atoms with Crippen molar-refractivity contribution < 1.29 is 39.8 Å². The van der Waals surface area contributed by atoms with E-state index in [0.29, 0.717) is 12.8 Å². The molecule has 6 N–H and O–H groups in total. The minimum Gasteiger partial charge on any atom is -0.394 e. The molecule has 7 unspecified atom stereocenters. The number of carbonyl (C=O) groups is 1. The topological polar surface area (TPSA) is 149 Å². The molecular weight excluding hydrogens is 658 g/mol. The average molecular weight is 742 g/mol. The summed E-state index contributed by atoms with van der Waals surface area (Å²) >= 11 is 0. The van der Waals surface area contributed by atoms with Gasteiger partial charge in [0.2, 0.25) is 5.91 Å². The lowest BCUT2D eigenvalue weighted by atomic mass is 9.99. The van der Waals surface area contributed by atoms with Gasteiger partial charge < -0.3 is 40.3 Å². The van der Waals surface area contributed by atoms with Crippen LogP contribution in [-0.2, 0) is 14.3 Å². The van der Waals surface area contributed by atoms with Gasteiger partial charge in [-0.25, -0.2) is 0 Å². The number of ether oxygens (including phenoxy) is 2. The van der Waals surface area contributed by atoms with Crippen molar-refractivity contribution in [3.63, 3.8) is 0 Å². The van der Waals surface area contributed by atoms with E-state index in [-0.39, 0.29) is 12.5 Å². The lowest BCUT2D eigenvalue weighted by Crippen LogP contribution is -2.60. The van der Waals surface area contributed by atoms with Crippen LogP contribution in [0.1, 0.15) is 200 Å². The van der Waals surface area contributed by atoms with Gasteiger partial charge in [-0.05, 0) is 38.5 Å². The lowest BCUT2D eigenvalue weighted by molar-refractivity contribution is -0.302. The molecule has 0 aromatic rings. The van der Waals surface area contributed by atoms with Crippen molar-refractivity contribution in [2.75, 3.05) is 13.2 Å². The van der Waals surface area contributed by atoms with Crippen LogP contribution in [0.2, 0.25) is 0 Å². The molecule has 0 spiro atoms. The number of nitrogens with one attached hydrogen (secondary N) is 1. The Bertz CT molecular complexity index is 827. The maximum absolute atomic E-state index is 12.9. The quantitative estimate of drug-likeness (QED) is 0.0277. The fraction of sp³-hybridized carbons (Fsp3) is 0.930. The van der Waals surface area contributed by atoms with E-state index < -0.39 is 49.5 Å². The second-order valence-corrected chi connectivity index (χ2v) is 15.5. The van der Waals surface area contributed by atoms with Crippen LogP contribution in [0.3, 0.4) is 0 Å². The first kappa shape index (κ1) is 48.9. The van der Waals surface area contributed by atoms with E-state index >= 15 is 0 Å². The smallest absolute Gasteiger partial charge is 0.220 e. The van der Waals surface area contributed by atoms with Crippen molar-refractivity contribution in [1.82, 2.24) is 5.32 Å². The number of hydrogen-bond acceptors (Lipinski definition) is 8. The first-order valence-corrected chi connectivity index (χ1v) is 21.9. The molecule has 1 aliphatic rings. The minimum atomic E-state index is -1.55. The van der Waals surface area contributed by atoms with Crippen LogP contribution in [0.4, 0.5) is 0 Å². The third kappa shape index (κ3) is 25.1. The van der Waals surface area contributed by atoms with E-state index in [1.54, 1.807) is 0 Å². The minimum absolute atomic E-state index is 0.137. The van der Waals surface area contributed by atoms with Crippen molar-refractivity contribution in [3.05, 3.63) is 12.2 Å². The fourth-order valence-electron chi connectivity index (χ4n) is 7.04. The Morgan fingerprint density at radius 1 is 0.635 bits per heavy atom. The monoisotopic (exact) mass is 742 g/mol. The number of hydrogen-bond donors (Lipinski definition) is 6. The number of rotatable bonds is 36. The van der Waals surface area contributed by atoms with E-state index in [1.165, 1.54) is 135 Å². The summed E-state index contributed by atoms with van der Waals surface area (Å²) < 4.78 is 11.2. The van der Waals surface area contributed by atoms with Crippen molar-refractivity contribution in [3.8, 4) is 0 Å². The summed E-state index contributed by atoms with van der Waals surface area (Å²) in [7, 11) is 0. The predicted octanol–water partition coefficient (Wildman–Crippen LogP) is 8.56. The number of aliphatic hydroxyl groups is 5. The highest BCUT2D eigenvalue weighted by molar-refractivity contribution is 5.76. The van der Waals surface area contributed by atoms with Gasteiger partial charge in [-0.1, -0.05) is 167 Å². The number of aliphatic hydroxyl groups excluding tert-OH is 5. The van der Waals surface area contributed by atoms with Gasteiger partial charge in [0.25, 0.3) is 0 Å². The van der Waals surface area contributed by atoms with Crippen LogP contribution in [-0.4, -0.2) is 87.5 Å². The SMILES string of the molecule is CCCCCC/C=C\CCCCCCCCCC(=O)NC(COC1OC(CO)C(O)C(O)C1O)C(O)CCCCCCCCCCCCCCCC. The number of carbonyl (C=O) groups excluding carboxylic acids is 1. The van der Waals surface area contributed by atoms with Crippen LogP contribution >= 0.6 is 0 Å². The number of amides is 1. The zero-order valence-electron chi connectivity index (χ0n) is 33.6. The maximum Gasteiger partial charge on any atom is 0.220 e. The molecule has 9 nitrogen and oxygen atoms in total. The predicted molar refractivity (Wildman–Crippen MR) is 212 cm³/mol. The molecule has 308 valence electrons. The van der Waals surface area contributed by atoms with E-state index in [2.05, 4.69) is 31.3 Å². The van der Waals surface area contributed by atoms with E-state index in [0.717, 1.165) is 38.5 Å². The van der Waals surface area contributed by atoms with Crippen molar-refractivity contribution in [1.29, 1.82) is 0 Å². The summed E-state index contributed by atoms with van der Waals surface area (Å²) in [5.41, 5.74) is 0. The van der Waals surface area contributed by atoms with Gasteiger partial charge >= 0.3 is 0 Å². The summed E-state index contributed by atoms with van der Waals surface area (Å²) in [6, 6.07) is -0.716. The van der Waals surface area contributed by atoms with Crippen molar-refractivity contribution >= 4 is 5.91 Å². The first-order valence-electron chi connectivity index (χ1n) is 21.9. The molecule has 1 saturated heterocycles. The zero-order valence-corrected chi connectivity index (χ0v) is 33.6. The second-order valence-electron chi connectivity index (χ2n) is 15.5. The van der Waals surface area contributed by atoms with Gasteiger partial charge in [0.15, 0.2) is 6.29 Å². The molecule has 52 heavy (non-hydrogen) atoms. The maximum atomic E-state index is 12.9. The Hall–Kier alpha value is -1.07. The van der Waals surface area contributed by atoms with Crippen LogP contribution in [0.15, 0.2) is 12.2 Å². The fourth-order valence-corrected chi connectivity index (χ4v) is 7.04. The van der Waals surface area contributed by atoms with Crippen LogP contribution in [0.25, 0.3) is 0 Å². The summed E-state index contributed by atoms with van der Waals surface area (Å²) in [6.07, 6.45) is 30.7. The molecule has 0 aromatic carbocycles. The Labute approximate surface area is 318 Å². The molecule has 0 radical (unpaired) electrons. The summed E-state index contributed by atoms with van der Waals surface area (Å²) in [5.74, 6) is -0.149. The number of unbranched alkanes of at least 4 members (excludes halogenated alkanes) is 24. The van der Waals surface area contributed by atoms with Gasteiger partial charge in [0.05, 0.1) is 25.4 Å². The third-order valence-corrected chi connectivity index (χ3v) is 10.6. The molecule has 0 saturated carbocycles. The van der Waals surface area contributed by atoms with Crippen LogP contribution in [0, 0.1) is 0 Å². The largest absolute Gasteiger partial charge is 0.394 e. The molecule has 7 atom stereocenters. The van der Waals surface area contributed by atoms with Crippen LogP contribution < -0.4 is 5.32 Å². The molecular formula is C43H83NO8. The Morgan fingerprint density at radius 3 is 1.58 bits per heavy atom. The molecule has 1 aliphatic heterocycles. The Balaban J connectivity index is 2.36. The molecule has 1 fully saturated rings. The average Bonchev–Trinajstić information content (AvgIpc) is 3.14. The highest BCUT2D eigenvalue weighted by Crippen LogP contribution is 2.23. The molecule has 0 aliphatic carbocycles. The number of allylic oxidation sites excluding steroid dienone is 2. The van der Waals surface area contributed by atoms with E-state index in [9.17, 15) is 30.3 Å². The normalized spacial score (nSPS) is 21.9.